The topological polar surface area (TPSA) is 26.0 Å². The maximum absolute atomic E-state index is 5.67. The second kappa shape index (κ2) is 3.94. The number of nitrogens with two attached hydrogens (primary N) is 1. The third kappa shape index (κ3) is 1.81. The molecule has 0 unspecified atom stereocenters. The lowest BCUT2D eigenvalue weighted by Gasteiger charge is -2.09. The van der Waals surface area contributed by atoms with Gasteiger partial charge in [-0.15, -0.1) is 0 Å². The van der Waals surface area contributed by atoms with Gasteiger partial charge in [0.05, 0.1) is 0 Å². The Hall–Kier alpha value is -1.50. The van der Waals surface area contributed by atoms with Crippen LogP contribution >= 0.6 is 0 Å². The Balaban J connectivity index is 3.35. The first-order valence-corrected chi connectivity index (χ1v) is 4.39. The molecular formula is C12H15N. The van der Waals surface area contributed by atoms with E-state index in [1.165, 1.54) is 5.56 Å². The smallest absolute Gasteiger partial charge is 0.0320 e. The van der Waals surface area contributed by atoms with E-state index in [9.17, 15) is 0 Å². The molecule has 0 atom stereocenters. The van der Waals surface area contributed by atoms with Crippen LogP contribution in [0.4, 0.5) is 0 Å². The molecule has 1 aromatic carbocycles. The Morgan fingerprint density at radius 1 is 1.54 bits per heavy atom. The zero-order valence-electron chi connectivity index (χ0n) is 8.01. The summed E-state index contributed by atoms with van der Waals surface area (Å²) in [7, 11) is 0. The minimum atomic E-state index is 0.602. The molecule has 0 aliphatic heterocycles. The van der Waals surface area contributed by atoms with E-state index in [2.05, 4.69) is 26.1 Å². The van der Waals surface area contributed by atoms with Crippen LogP contribution < -0.4 is 5.73 Å². The third-order valence-electron chi connectivity index (χ3n) is 2.13. The van der Waals surface area contributed by atoms with Crippen molar-refractivity contribution in [2.24, 2.45) is 5.73 Å². The van der Waals surface area contributed by atoms with Gasteiger partial charge in [-0.1, -0.05) is 44.4 Å². The summed E-state index contributed by atoms with van der Waals surface area (Å²) in [5, 5.41) is 0. The van der Waals surface area contributed by atoms with Gasteiger partial charge in [0.1, 0.15) is 0 Å². The van der Waals surface area contributed by atoms with E-state index >= 15 is 0 Å². The first-order chi connectivity index (χ1) is 6.20. The molecule has 0 saturated heterocycles. The molecular weight excluding hydrogens is 158 g/mol. The lowest BCUT2D eigenvalue weighted by atomic mass is 9.98. The summed E-state index contributed by atoms with van der Waals surface area (Å²) < 4.78 is 0. The number of hydrogen-bond donors (Lipinski definition) is 1. The second-order valence-electron chi connectivity index (χ2n) is 2.96. The lowest BCUT2D eigenvalue weighted by Crippen LogP contribution is -1.99. The minimum Gasteiger partial charge on any atom is -0.399 e. The summed E-state index contributed by atoms with van der Waals surface area (Å²) in [6.07, 6.45) is 2.83. The fraction of sp³-hybridized carbons (Fsp3) is 0.167. The van der Waals surface area contributed by atoms with Crippen LogP contribution in [0.15, 0.2) is 31.4 Å². The summed E-state index contributed by atoms with van der Waals surface area (Å²) >= 11 is 0. The van der Waals surface area contributed by atoms with E-state index in [1.807, 2.05) is 18.2 Å². The van der Waals surface area contributed by atoms with Crippen molar-refractivity contribution in [2.45, 2.75) is 13.3 Å². The van der Waals surface area contributed by atoms with Crippen LogP contribution in [0.3, 0.4) is 0 Å². The predicted molar refractivity (Wildman–Crippen MR) is 59.1 cm³/mol. The summed E-state index contributed by atoms with van der Waals surface area (Å²) in [5.41, 5.74) is 9.64. The van der Waals surface area contributed by atoms with E-state index < -0.39 is 0 Å². The van der Waals surface area contributed by atoms with Crippen LogP contribution in [0.5, 0.6) is 0 Å². The van der Waals surface area contributed by atoms with E-state index in [0.29, 0.717) is 5.70 Å². The number of hydrogen-bond acceptors (Lipinski definition) is 1. The Kier molecular flexibility index (Phi) is 2.91. The number of benzene rings is 1. The van der Waals surface area contributed by atoms with Crippen LogP contribution in [-0.4, -0.2) is 0 Å². The van der Waals surface area contributed by atoms with Crippen molar-refractivity contribution in [1.29, 1.82) is 0 Å². The first-order valence-electron chi connectivity index (χ1n) is 4.39. The van der Waals surface area contributed by atoms with Gasteiger partial charge in [-0.2, -0.15) is 0 Å². The molecule has 0 radical (unpaired) electrons. The molecule has 1 aromatic rings. The molecule has 0 spiro atoms. The van der Waals surface area contributed by atoms with Gasteiger partial charge >= 0.3 is 0 Å². The Bertz CT molecular complexity index is 337. The van der Waals surface area contributed by atoms with Gasteiger partial charge in [0, 0.05) is 11.3 Å². The maximum Gasteiger partial charge on any atom is 0.0320 e. The van der Waals surface area contributed by atoms with Gasteiger partial charge in [0.25, 0.3) is 0 Å². The monoisotopic (exact) mass is 173 g/mol. The Morgan fingerprint density at radius 2 is 2.23 bits per heavy atom. The lowest BCUT2D eigenvalue weighted by molar-refractivity contribution is 1.13. The predicted octanol–water partition coefficient (Wildman–Crippen LogP) is 2.82. The zero-order chi connectivity index (χ0) is 9.84. The van der Waals surface area contributed by atoms with E-state index in [-0.39, 0.29) is 0 Å². The van der Waals surface area contributed by atoms with Crippen molar-refractivity contribution < 1.29 is 0 Å². The quantitative estimate of drug-likeness (QED) is 0.747. The third-order valence-corrected chi connectivity index (χ3v) is 2.13. The SMILES string of the molecule is C=Cc1c(CC)cccc1C(=C)N. The summed E-state index contributed by atoms with van der Waals surface area (Å²) in [6, 6.07) is 6.06. The highest BCUT2D eigenvalue weighted by Gasteiger charge is 2.03. The zero-order valence-corrected chi connectivity index (χ0v) is 8.01. The largest absolute Gasteiger partial charge is 0.399 e. The van der Waals surface area contributed by atoms with Crippen LogP contribution in [0.2, 0.25) is 0 Å². The fourth-order valence-electron chi connectivity index (χ4n) is 1.44. The van der Waals surface area contributed by atoms with Gasteiger partial charge in [0.2, 0.25) is 0 Å². The Morgan fingerprint density at radius 3 is 2.69 bits per heavy atom. The average Bonchev–Trinajstić information content (AvgIpc) is 2.16. The molecule has 0 saturated carbocycles. The van der Waals surface area contributed by atoms with Crippen LogP contribution in [0, 0.1) is 0 Å². The minimum absolute atomic E-state index is 0.602. The summed E-state index contributed by atoms with van der Waals surface area (Å²) in [4.78, 5) is 0. The molecule has 1 nitrogen and oxygen atoms in total. The van der Waals surface area contributed by atoms with Crippen LogP contribution in [0.25, 0.3) is 11.8 Å². The van der Waals surface area contributed by atoms with E-state index in [0.717, 1.165) is 17.5 Å². The maximum atomic E-state index is 5.67. The first kappa shape index (κ1) is 9.59. The van der Waals surface area contributed by atoms with Gasteiger partial charge in [0.15, 0.2) is 0 Å². The second-order valence-corrected chi connectivity index (χ2v) is 2.96. The van der Waals surface area contributed by atoms with Gasteiger partial charge in [-0.05, 0) is 17.5 Å². The fourth-order valence-corrected chi connectivity index (χ4v) is 1.44. The van der Waals surface area contributed by atoms with Gasteiger partial charge in [-0.25, -0.2) is 0 Å². The molecule has 0 aromatic heterocycles. The van der Waals surface area contributed by atoms with E-state index in [1.54, 1.807) is 0 Å². The van der Waals surface area contributed by atoms with Crippen molar-refractivity contribution in [3.8, 4) is 0 Å². The van der Waals surface area contributed by atoms with Crippen molar-refractivity contribution in [3.63, 3.8) is 0 Å². The van der Waals surface area contributed by atoms with Crippen molar-refractivity contribution in [3.05, 3.63) is 48.0 Å². The molecule has 0 aliphatic carbocycles. The molecule has 1 rings (SSSR count). The highest BCUT2D eigenvalue weighted by Crippen LogP contribution is 2.20. The van der Waals surface area contributed by atoms with Gasteiger partial charge < -0.3 is 5.73 Å². The normalized spacial score (nSPS) is 9.62. The molecule has 68 valence electrons. The summed E-state index contributed by atoms with van der Waals surface area (Å²) in [5.74, 6) is 0. The standard InChI is InChI=1S/C12H15N/c1-4-10-7-6-8-12(9(3)13)11(10)5-2/h5-8H,2-4,13H2,1H3. The molecule has 2 N–H and O–H groups in total. The highest BCUT2D eigenvalue weighted by atomic mass is 14.6. The van der Waals surface area contributed by atoms with Crippen LogP contribution in [-0.2, 0) is 6.42 Å². The Labute approximate surface area is 79.6 Å². The van der Waals surface area contributed by atoms with Crippen molar-refractivity contribution in [1.82, 2.24) is 0 Å². The summed E-state index contributed by atoms with van der Waals surface area (Å²) in [6.45, 7) is 9.64. The van der Waals surface area contributed by atoms with Crippen LogP contribution in [0.1, 0.15) is 23.6 Å². The molecule has 0 amide bonds. The van der Waals surface area contributed by atoms with Crippen molar-refractivity contribution >= 4 is 11.8 Å². The molecule has 0 heterocycles. The average molecular weight is 173 g/mol. The highest BCUT2D eigenvalue weighted by molar-refractivity contribution is 5.72. The number of aryl methyl sites for hydroxylation is 1. The molecule has 1 heteroatoms. The molecule has 0 aliphatic rings. The van der Waals surface area contributed by atoms with Crippen molar-refractivity contribution in [2.75, 3.05) is 0 Å². The molecule has 0 bridgehead atoms. The molecule has 0 fully saturated rings. The van der Waals surface area contributed by atoms with E-state index in [4.69, 9.17) is 5.73 Å². The van der Waals surface area contributed by atoms with Gasteiger partial charge in [-0.3, -0.25) is 0 Å². The number of rotatable bonds is 3. The molecule has 13 heavy (non-hydrogen) atoms.